The third kappa shape index (κ3) is 1.85. The number of aliphatic hydroxyl groups excluding tert-OH is 1. The van der Waals surface area contributed by atoms with Gasteiger partial charge in [0.15, 0.2) is 11.6 Å². The highest BCUT2D eigenvalue weighted by molar-refractivity contribution is 5.32. The monoisotopic (exact) mass is 202 g/mol. The Bertz CT molecular complexity index is 326. The van der Waals surface area contributed by atoms with E-state index in [0.717, 1.165) is 0 Å². The maximum absolute atomic E-state index is 13.3. The molecule has 0 aliphatic rings. The minimum atomic E-state index is -1.01. The van der Waals surface area contributed by atoms with Crippen molar-refractivity contribution in [1.82, 2.24) is 0 Å². The van der Waals surface area contributed by atoms with Crippen LogP contribution >= 0.6 is 0 Å². The predicted molar refractivity (Wildman–Crippen MR) is 48.4 cm³/mol. The molecule has 2 nitrogen and oxygen atoms in total. The first-order valence-corrected chi connectivity index (χ1v) is 4.24. The lowest BCUT2D eigenvalue weighted by atomic mass is 10.0. The van der Waals surface area contributed by atoms with Crippen LogP contribution in [0.15, 0.2) is 12.1 Å². The van der Waals surface area contributed by atoms with Crippen molar-refractivity contribution >= 4 is 0 Å². The first-order chi connectivity index (χ1) is 6.61. The summed E-state index contributed by atoms with van der Waals surface area (Å²) in [6.07, 6.45) is 0. The van der Waals surface area contributed by atoms with E-state index in [1.54, 1.807) is 6.92 Å². The molecule has 14 heavy (non-hydrogen) atoms. The summed E-state index contributed by atoms with van der Waals surface area (Å²) in [7, 11) is 1.27. The molecule has 0 aromatic heterocycles. The quantitative estimate of drug-likeness (QED) is 0.813. The SMILES string of the molecule is COc1ccc(C(C)CO)c(F)c1F. The smallest absolute Gasteiger partial charge is 0.200 e. The van der Waals surface area contributed by atoms with Crippen molar-refractivity contribution in [3.05, 3.63) is 29.3 Å². The minimum Gasteiger partial charge on any atom is -0.494 e. The summed E-state index contributed by atoms with van der Waals surface area (Å²) in [5.74, 6) is -2.51. The van der Waals surface area contributed by atoms with E-state index in [9.17, 15) is 8.78 Å². The molecule has 1 unspecified atom stereocenters. The molecule has 0 amide bonds. The second-order valence-corrected chi connectivity index (χ2v) is 3.07. The molecule has 0 heterocycles. The largest absolute Gasteiger partial charge is 0.494 e. The summed E-state index contributed by atoms with van der Waals surface area (Å²) in [6.45, 7) is 1.40. The van der Waals surface area contributed by atoms with Crippen molar-refractivity contribution in [2.24, 2.45) is 0 Å². The van der Waals surface area contributed by atoms with Crippen LogP contribution in [0.3, 0.4) is 0 Å². The van der Waals surface area contributed by atoms with Gasteiger partial charge in [-0.2, -0.15) is 4.39 Å². The Morgan fingerprint density at radius 3 is 2.50 bits per heavy atom. The normalized spacial score (nSPS) is 12.6. The van der Waals surface area contributed by atoms with Crippen molar-refractivity contribution in [2.45, 2.75) is 12.8 Å². The Labute approximate surface area is 81.1 Å². The van der Waals surface area contributed by atoms with Crippen LogP contribution < -0.4 is 4.74 Å². The second kappa shape index (κ2) is 4.37. The number of methoxy groups -OCH3 is 1. The van der Waals surface area contributed by atoms with E-state index in [0.29, 0.717) is 0 Å². The highest BCUT2D eigenvalue weighted by Gasteiger charge is 2.17. The van der Waals surface area contributed by atoms with Gasteiger partial charge in [0.05, 0.1) is 7.11 Å². The molecule has 78 valence electrons. The van der Waals surface area contributed by atoms with Gasteiger partial charge in [-0.25, -0.2) is 4.39 Å². The fourth-order valence-electron chi connectivity index (χ4n) is 1.18. The molecule has 0 saturated carbocycles. The van der Waals surface area contributed by atoms with Crippen LogP contribution in [-0.2, 0) is 0 Å². The topological polar surface area (TPSA) is 29.5 Å². The molecular weight excluding hydrogens is 190 g/mol. The molecule has 0 saturated heterocycles. The number of benzene rings is 1. The zero-order chi connectivity index (χ0) is 10.7. The van der Waals surface area contributed by atoms with Crippen molar-refractivity contribution in [2.75, 3.05) is 13.7 Å². The molecule has 0 spiro atoms. The minimum absolute atomic E-state index is 0.128. The van der Waals surface area contributed by atoms with Gasteiger partial charge in [0, 0.05) is 12.5 Å². The summed E-state index contributed by atoms with van der Waals surface area (Å²) in [4.78, 5) is 0. The van der Waals surface area contributed by atoms with Crippen molar-refractivity contribution in [3.8, 4) is 5.75 Å². The maximum Gasteiger partial charge on any atom is 0.200 e. The lowest BCUT2D eigenvalue weighted by Crippen LogP contribution is -2.04. The van der Waals surface area contributed by atoms with Crippen LogP contribution in [0.5, 0.6) is 5.75 Å². The van der Waals surface area contributed by atoms with Crippen LogP contribution in [0, 0.1) is 11.6 Å². The Morgan fingerprint density at radius 1 is 1.36 bits per heavy atom. The van der Waals surface area contributed by atoms with E-state index in [1.807, 2.05) is 0 Å². The van der Waals surface area contributed by atoms with Gasteiger partial charge in [-0.05, 0) is 11.6 Å². The molecule has 1 rings (SSSR count). The Morgan fingerprint density at radius 2 is 2.00 bits per heavy atom. The lowest BCUT2D eigenvalue weighted by molar-refractivity contribution is 0.269. The molecule has 0 aliphatic carbocycles. The van der Waals surface area contributed by atoms with Crippen molar-refractivity contribution in [3.63, 3.8) is 0 Å². The zero-order valence-corrected chi connectivity index (χ0v) is 8.05. The Hall–Kier alpha value is -1.16. The van der Waals surface area contributed by atoms with E-state index in [-0.39, 0.29) is 17.9 Å². The molecular formula is C10H12F2O2. The molecule has 0 radical (unpaired) electrons. The number of aliphatic hydroxyl groups is 1. The lowest BCUT2D eigenvalue weighted by Gasteiger charge is -2.11. The summed E-state index contributed by atoms with van der Waals surface area (Å²) in [5.41, 5.74) is 0.158. The van der Waals surface area contributed by atoms with E-state index < -0.39 is 17.6 Å². The van der Waals surface area contributed by atoms with Gasteiger partial charge in [0.1, 0.15) is 0 Å². The van der Waals surface area contributed by atoms with Gasteiger partial charge < -0.3 is 9.84 Å². The molecule has 1 aromatic rings. The molecule has 4 heteroatoms. The summed E-state index contributed by atoms with van der Waals surface area (Å²) < 4.78 is 31.1. The predicted octanol–water partition coefficient (Wildman–Crippen LogP) is 2.07. The molecule has 0 fully saturated rings. The standard InChI is InChI=1S/C10H12F2O2/c1-6(5-13)7-3-4-8(14-2)10(12)9(7)11/h3-4,6,13H,5H2,1-2H3. The third-order valence-electron chi connectivity index (χ3n) is 2.10. The Balaban J connectivity index is 3.17. The third-order valence-corrected chi connectivity index (χ3v) is 2.10. The van der Waals surface area contributed by atoms with Crippen molar-refractivity contribution in [1.29, 1.82) is 0 Å². The number of hydrogen-bond donors (Lipinski definition) is 1. The molecule has 1 N–H and O–H groups in total. The van der Waals surface area contributed by atoms with E-state index >= 15 is 0 Å². The average molecular weight is 202 g/mol. The van der Waals surface area contributed by atoms with Gasteiger partial charge in [-0.3, -0.25) is 0 Å². The van der Waals surface area contributed by atoms with Crippen LogP contribution in [0.1, 0.15) is 18.4 Å². The van der Waals surface area contributed by atoms with E-state index in [2.05, 4.69) is 4.74 Å². The van der Waals surface area contributed by atoms with Crippen molar-refractivity contribution < 1.29 is 18.6 Å². The first-order valence-electron chi connectivity index (χ1n) is 4.24. The van der Waals surface area contributed by atoms with E-state index in [4.69, 9.17) is 5.11 Å². The highest BCUT2D eigenvalue weighted by atomic mass is 19.2. The fraction of sp³-hybridized carbons (Fsp3) is 0.400. The number of hydrogen-bond acceptors (Lipinski definition) is 2. The van der Waals surface area contributed by atoms with Gasteiger partial charge in [0.25, 0.3) is 0 Å². The first kappa shape index (κ1) is 10.9. The Kier molecular flexibility index (Phi) is 3.41. The number of halogens is 2. The fourth-order valence-corrected chi connectivity index (χ4v) is 1.18. The van der Waals surface area contributed by atoms with Gasteiger partial charge in [0.2, 0.25) is 5.82 Å². The van der Waals surface area contributed by atoms with Crippen LogP contribution in [-0.4, -0.2) is 18.8 Å². The van der Waals surface area contributed by atoms with Gasteiger partial charge in [-0.15, -0.1) is 0 Å². The van der Waals surface area contributed by atoms with Gasteiger partial charge >= 0.3 is 0 Å². The average Bonchev–Trinajstić information content (AvgIpc) is 2.21. The summed E-state index contributed by atoms with van der Waals surface area (Å²) in [5, 5.41) is 8.81. The number of ether oxygens (including phenoxy) is 1. The zero-order valence-electron chi connectivity index (χ0n) is 8.05. The van der Waals surface area contributed by atoms with Crippen LogP contribution in [0.25, 0.3) is 0 Å². The molecule has 0 bridgehead atoms. The van der Waals surface area contributed by atoms with Crippen LogP contribution in [0.4, 0.5) is 8.78 Å². The highest BCUT2D eigenvalue weighted by Crippen LogP contribution is 2.26. The van der Waals surface area contributed by atoms with Gasteiger partial charge in [-0.1, -0.05) is 13.0 Å². The maximum atomic E-state index is 13.3. The summed E-state index contributed by atoms with van der Waals surface area (Å²) in [6, 6.07) is 2.76. The molecule has 0 aliphatic heterocycles. The number of rotatable bonds is 3. The molecule has 1 atom stereocenters. The van der Waals surface area contributed by atoms with E-state index in [1.165, 1.54) is 19.2 Å². The summed E-state index contributed by atoms with van der Waals surface area (Å²) >= 11 is 0. The molecule has 1 aromatic carbocycles. The second-order valence-electron chi connectivity index (χ2n) is 3.07. The van der Waals surface area contributed by atoms with Crippen LogP contribution in [0.2, 0.25) is 0 Å².